The molecule has 1 aromatic carbocycles. The minimum atomic E-state index is -0.619. The molecule has 0 bridgehead atoms. The van der Waals surface area contributed by atoms with Crippen LogP contribution in [0.3, 0.4) is 0 Å². The summed E-state index contributed by atoms with van der Waals surface area (Å²) < 4.78 is 10.0. The third-order valence-electron chi connectivity index (χ3n) is 3.97. The number of carbonyl (C=O) groups is 1. The third kappa shape index (κ3) is 2.61. The lowest BCUT2D eigenvalue weighted by molar-refractivity contribution is -0.127. The molecule has 1 aliphatic heterocycles. The first-order chi connectivity index (χ1) is 10.6. The highest BCUT2D eigenvalue weighted by atomic mass is 16.5. The molecule has 1 aromatic heterocycles. The zero-order valence-corrected chi connectivity index (χ0v) is 12.2. The molecule has 1 atom stereocenters. The van der Waals surface area contributed by atoms with Gasteiger partial charge in [-0.2, -0.15) is 0 Å². The molecule has 0 saturated heterocycles. The molecule has 0 saturated carbocycles. The predicted molar refractivity (Wildman–Crippen MR) is 77.7 cm³/mol. The molecule has 2 N–H and O–H groups in total. The molecule has 7 heteroatoms. The lowest BCUT2D eigenvalue weighted by atomic mass is 9.77. The van der Waals surface area contributed by atoms with Gasteiger partial charge in [0.15, 0.2) is 5.82 Å². The van der Waals surface area contributed by atoms with Crippen molar-refractivity contribution < 1.29 is 14.1 Å². The fourth-order valence-electron chi connectivity index (χ4n) is 2.64. The fraction of sp³-hybridized carbons (Fsp3) is 0.400. The van der Waals surface area contributed by atoms with E-state index in [1.807, 2.05) is 31.2 Å². The number of aromatic nitrogens is 2. The Morgan fingerprint density at radius 3 is 3.05 bits per heavy atom. The molecule has 1 unspecified atom stereocenters. The number of rotatable bonds is 4. The average Bonchev–Trinajstić information content (AvgIpc) is 2.93. The van der Waals surface area contributed by atoms with E-state index in [-0.39, 0.29) is 5.91 Å². The summed E-state index contributed by atoms with van der Waals surface area (Å²) in [6.07, 6.45) is 1.03. The van der Waals surface area contributed by atoms with E-state index in [0.29, 0.717) is 31.8 Å². The van der Waals surface area contributed by atoms with Gasteiger partial charge in [0.25, 0.3) is 0 Å². The van der Waals surface area contributed by atoms with Crippen LogP contribution >= 0.6 is 0 Å². The first-order valence-corrected chi connectivity index (χ1v) is 7.15. The molecule has 22 heavy (non-hydrogen) atoms. The minimum Gasteiger partial charge on any atom is -0.493 e. The maximum atomic E-state index is 12.6. The van der Waals surface area contributed by atoms with Gasteiger partial charge in [-0.15, -0.1) is 0 Å². The van der Waals surface area contributed by atoms with Crippen LogP contribution in [0.4, 0.5) is 0 Å². The fourth-order valence-corrected chi connectivity index (χ4v) is 2.64. The molecule has 2 aromatic rings. The summed E-state index contributed by atoms with van der Waals surface area (Å²) in [5.74, 6) is 0.524. The monoisotopic (exact) mass is 303 g/mol. The third-order valence-corrected chi connectivity index (χ3v) is 3.97. The Morgan fingerprint density at radius 1 is 1.45 bits per heavy atom. The van der Waals surface area contributed by atoms with Gasteiger partial charge in [0.1, 0.15) is 5.75 Å². The van der Waals surface area contributed by atoms with Crippen molar-refractivity contribution in [3.8, 4) is 5.75 Å². The number of carbonyl (C=O) groups excluding carboxylic acids is 1. The summed E-state index contributed by atoms with van der Waals surface area (Å²) in [5, 5.41) is 6.46. The van der Waals surface area contributed by atoms with Crippen molar-refractivity contribution in [3.63, 3.8) is 0 Å². The molecule has 116 valence electrons. The van der Waals surface area contributed by atoms with Crippen molar-refractivity contribution in [1.82, 2.24) is 15.5 Å². The Morgan fingerprint density at radius 2 is 2.27 bits per heavy atom. The molecular weight excluding hydrogens is 286 g/mol. The van der Waals surface area contributed by atoms with Crippen LogP contribution in [-0.4, -0.2) is 29.2 Å². The Balaban J connectivity index is 1.68. The Labute approximate surface area is 126 Å². The van der Waals surface area contributed by atoms with Crippen molar-refractivity contribution in [2.24, 2.45) is 0 Å². The molecule has 7 nitrogen and oxygen atoms in total. The number of benzene rings is 1. The first-order valence-electron chi connectivity index (χ1n) is 7.15. The van der Waals surface area contributed by atoms with Gasteiger partial charge < -0.3 is 10.1 Å². The second-order valence-electron chi connectivity index (χ2n) is 5.47. The van der Waals surface area contributed by atoms with E-state index in [1.54, 1.807) is 0 Å². The van der Waals surface area contributed by atoms with Crippen LogP contribution in [0.2, 0.25) is 0 Å². The van der Waals surface area contributed by atoms with Crippen molar-refractivity contribution in [2.45, 2.75) is 25.2 Å². The Kier molecular flexibility index (Phi) is 3.70. The van der Waals surface area contributed by atoms with Gasteiger partial charge in [0, 0.05) is 18.5 Å². The summed E-state index contributed by atoms with van der Waals surface area (Å²) in [7, 11) is 0. The summed E-state index contributed by atoms with van der Waals surface area (Å²) in [6.45, 7) is 2.80. The van der Waals surface area contributed by atoms with E-state index < -0.39 is 11.2 Å². The van der Waals surface area contributed by atoms with Crippen LogP contribution in [0.1, 0.15) is 24.7 Å². The summed E-state index contributed by atoms with van der Waals surface area (Å²) in [4.78, 5) is 25.9. The second-order valence-corrected chi connectivity index (χ2v) is 5.47. The number of aromatic amines is 1. The number of para-hydroxylation sites is 1. The Hall–Kier alpha value is -2.57. The molecule has 0 spiro atoms. The number of ether oxygens (including phenoxy) is 1. The Bertz CT molecular complexity index is 736. The van der Waals surface area contributed by atoms with Crippen LogP contribution in [0.15, 0.2) is 33.6 Å². The number of fused-ring (bicyclic) bond motifs is 1. The highest BCUT2D eigenvalue weighted by molar-refractivity contribution is 5.88. The number of H-pyrrole nitrogens is 1. The van der Waals surface area contributed by atoms with E-state index in [4.69, 9.17) is 4.74 Å². The average molecular weight is 303 g/mol. The maximum absolute atomic E-state index is 12.6. The van der Waals surface area contributed by atoms with Gasteiger partial charge in [-0.1, -0.05) is 23.4 Å². The largest absolute Gasteiger partial charge is 0.493 e. The zero-order chi connectivity index (χ0) is 15.6. The van der Waals surface area contributed by atoms with Gasteiger partial charge >= 0.3 is 5.76 Å². The van der Waals surface area contributed by atoms with Gasteiger partial charge in [0.05, 0.1) is 12.0 Å². The molecule has 1 amide bonds. The summed E-state index contributed by atoms with van der Waals surface area (Å²) >= 11 is 0. The van der Waals surface area contributed by atoms with Crippen LogP contribution < -0.4 is 15.8 Å². The lowest BCUT2D eigenvalue weighted by Gasteiger charge is -2.34. The van der Waals surface area contributed by atoms with Crippen molar-refractivity contribution in [1.29, 1.82) is 0 Å². The van der Waals surface area contributed by atoms with E-state index in [9.17, 15) is 9.59 Å². The van der Waals surface area contributed by atoms with Gasteiger partial charge in [-0.25, -0.2) is 4.79 Å². The van der Waals surface area contributed by atoms with Crippen molar-refractivity contribution in [3.05, 3.63) is 46.2 Å². The van der Waals surface area contributed by atoms with Crippen LogP contribution in [0.25, 0.3) is 0 Å². The molecular formula is C15H17N3O4. The number of nitrogens with zero attached hydrogens (tertiary/aromatic N) is 1. The second kappa shape index (κ2) is 5.67. The highest BCUT2D eigenvalue weighted by Crippen LogP contribution is 2.38. The molecule has 3 rings (SSSR count). The van der Waals surface area contributed by atoms with Crippen molar-refractivity contribution in [2.75, 3.05) is 13.2 Å². The summed E-state index contributed by atoms with van der Waals surface area (Å²) in [6, 6.07) is 7.59. The normalized spacial score (nSPS) is 20.0. The van der Waals surface area contributed by atoms with E-state index in [0.717, 1.165) is 11.3 Å². The number of hydrogen-bond acceptors (Lipinski definition) is 5. The van der Waals surface area contributed by atoms with E-state index in [2.05, 4.69) is 20.0 Å². The lowest BCUT2D eigenvalue weighted by Crippen LogP contribution is -2.45. The smallest absolute Gasteiger partial charge is 0.438 e. The van der Waals surface area contributed by atoms with Crippen molar-refractivity contribution >= 4 is 5.91 Å². The molecule has 2 heterocycles. The minimum absolute atomic E-state index is 0.0610. The summed E-state index contributed by atoms with van der Waals surface area (Å²) in [5.41, 5.74) is 0.278. The molecule has 1 aliphatic rings. The maximum Gasteiger partial charge on any atom is 0.438 e. The van der Waals surface area contributed by atoms with E-state index in [1.165, 1.54) is 0 Å². The molecule has 0 fully saturated rings. The standard InChI is InChI=1S/C15H17N3O4/c1-15(7-9-21-11-5-3-2-4-10(11)15)13(19)16-8-6-12-17-14(20)22-18-12/h2-5H,6-9H2,1H3,(H,16,19)(H,17,18,20). The van der Waals surface area contributed by atoms with Crippen LogP contribution in [0, 0.1) is 0 Å². The number of amides is 1. The molecule has 0 radical (unpaired) electrons. The van der Waals surface area contributed by atoms with E-state index >= 15 is 0 Å². The van der Waals surface area contributed by atoms with Gasteiger partial charge in [-0.05, 0) is 19.4 Å². The van der Waals surface area contributed by atoms with Crippen LogP contribution in [0.5, 0.6) is 5.75 Å². The highest BCUT2D eigenvalue weighted by Gasteiger charge is 2.39. The van der Waals surface area contributed by atoms with Crippen LogP contribution in [-0.2, 0) is 16.6 Å². The van der Waals surface area contributed by atoms with Gasteiger partial charge in [-0.3, -0.25) is 14.3 Å². The van der Waals surface area contributed by atoms with Gasteiger partial charge in [0.2, 0.25) is 5.91 Å². The SMILES string of the molecule is CC1(C(=O)NCCc2noc(=O)[nH]2)CCOc2ccccc21. The predicted octanol–water partition coefficient (Wildman–Crippen LogP) is 0.762. The zero-order valence-electron chi connectivity index (χ0n) is 12.2. The topological polar surface area (TPSA) is 97.2 Å². The number of nitrogens with one attached hydrogen (secondary N) is 2. The molecule has 0 aliphatic carbocycles. The first kappa shape index (κ1) is 14.4. The quantitative estimate of drug-likeness (QED) is 0.869. The number of hydrogen-bond donors (Lipinski definition) is 2.